The fourth-order valence-corrected chi connectivity index (χ4v) is 2.82. The minimum atomic E-state index is -0.0390. The fraction of sp³-hybridized carbons (Fsp3) is 0.562. The van der Waals surface area contributed by atoms with Crippen LogP contribution in [-0.4, -0.2) is 38.1 Å². The van der Waals surface area contributed by atoms with Gasteiger partial charge >= 0.3 is 0 Å². The number of likely N-dealkylation sites (tertiary alicyclic amines) is 1. The molecule has 1 unspecified atom stereocenters. The second-order valence-corrected chi connectivity index (χ2v) is 5.46. The van der Waals surface area contributed by atoms with E-state index in [1.54, 1.807) is 19.2 Å². The highest BCUT2D eigenvalue weighted by molar-refractivity contribution is 6.01. The molecule has 0 spiro atoms. The average molecular weight is 292 g/mol. The quantitative estimate of drug-likeness (QED) is 0.866. The van der Waals surface area contributed by atoms with Gasteiger partial charge in [0.15, 0.2) is 0 Å². The first-order chi connectivity index (χ1) is 10.1. The number of carbonyl (C=O) groups excluding carboxylic acids is 1. The van der Waals surface area contributed by atoms with Crippen molar-refractivity contribution in [2.45, 2.75) is 26.2 Å². The summed E-state index contributed by atoms with van der Waals surface area (Å²) in [6.45, 7) is 3.75. The van der Waals surface area contributed by atoms with Gasteiger partial charge in [-0.2, -0.15) is 0 Å². The summed E-state index contributed by atoms with van der Waals surface area (Å²) in [6, 6.07) is 3.38. The largest absolute Gasteiger partial charge is 0.497 e. The number of rotatable bonds is 4. The molecule has 1 atom stereocenters. The van der Waals surface area contributed by atoms with Gasteiger partial charge in [-0.25, -0.2) is 0 Å². The number of nitrogen functional groups attached to an aromatic ring is 1. The molecule has 0 saturated carbocycles. The lowest BCUT2D eigenvalue weighted by Crippen LogP contribution is -2.40. The van der Waals surface area contributed by atoms with Crippen molar-refractivity contribution >= 4 is 11.6 Å². The van der Waals surface area contributed by atoms with Crippen LogP contribution in [0.3, 0.4) is 0 Å². The molecule has 5 nitrogen and oxygen atoms in total. The summed E-state index contributed by atoms with van der Waals surface area (Å²) < 4.78 is 10.5. The molecule has 0 radical (unpaired) electrons. The third-order valence-electron chi connectivity index (χ3n) is 4.19. The van der Waals surface area contributed by atoms with Gasteiger partial charge in [-0.3, -0.25) is 4.79 Å². The molecule has 5 heteroatoms. The zero-order valence-corrected chi connectivity index (χ0v) is 13.0. The lowest BCUT2D eigenvalue weighted by atomic mass is 9.95. The van der Waals surface area contributed by atoms with E-state index in [-0.39, 0.29) is 5.91 Å². The minimum Gasteiger partial charge on any atom is -0.497 e. The Morgan fingerprint density at radius 2 is 2.14 bits per heavy atom. The first-order valence-corrected chi connectivity index (χ1v) is 7.41. The van der Waals surface area contributed by atoms with Crippen LogP contribution in [0.4, 0.5) is 5.69 Å². The number of benzene rings is 1. The van der Waals surface area contributed by atoms with Crippen molar-refractivity contribution in [2.75, 3.05) is 33.0 Å². The molecule has 1 aromatic rings. The number of hydrogen-bond acceptors (Lipinski definition) is 4. The van der Waals surface area contributed by atoms with Crippen molar-refractivity contribution in [3.05, 3.63) is 17.7 Å². The van der Waals surface area contributed by atoms with Crippen LogP contribution in [-0.2, 0) is 0 Å². The van der Waals surface area contributed by atoms with Gasteiger partial charge in [0.2, 0.25) is 0 Å². The molecule has 2 rings (SSSR count). The van der Waals surface area contributed by atoms with E-state index in [4.69, 9.17) is 15.2 Å². The summed E-state index contributed by atoms with van der Waals surface area (Å²) >= 11 is 0. The minimum absolute atomic E-state index is 0.0390. The molecule has 1 heterocycles. The number of nitrogens with zero attached hydrogens (tertiary/aromatic N) is 1. The smallest absolute Gasteiger partial charge is 0.256 e. The van der Waals surface area contributed by atoms with Crippen molar-refractivity contribution in [1.82, 2.24) is 4.90 Å². The van der Waals surface area contributed by atoms with Crippen LogP contribution in [0.1, 0.15) is 36.5 Å². The molecule has 0 aliphatic carbocycles. The Hall–Kier alpha value is -1.91. The van der Waals surface area contributed by atoms with E-state index in [0.717, 1.165) is 25.9 Å². The van der Waals surface area contributed by atoms with E-state index in [9.17, 15) is 4.79 Å². The first kappa shape index (κ1) is 15.5. The van der Waals surface area contributed by atoms with E-state index in [1.807, 2.05) is 4.90 Å². The third-order valence-corrected chi connectivity index (χ3v) is 4.19. The Kier molecular flexibility index (Phi) is 4.94. The van der Waals surface area contributed by atoms with Gasteiger partial charge in [0.05, 0.1) is 25.5 Å². The maximum Gasteiger partial charge on any atom is 0.256 e. The molecule has 2 N–H and O–H groups in total. The van der Waals surface area contributed by atoms with E-state index < -0.39 is 0 Å². The maximum atomic E-state index is 12.8. The monoisotopic (exact) mass is 292 g/mol. The van der Waals surface area contributed by atoms with Gasteiger partial charge < -0.3 is 20.1 Å². The predicted molar refractivity (Wildman–Crippen MR) is 82.9 cm³/mol. The highest BCUT2D eigenvalue weighted by Gasteiger charge is 2.26. The Morgan fingerprint density at radius 3 is 2.76 bits per heavy atom. The van der Waals surface area contributed by atoms with Crippen LogP contribution < -0.4 is 15.2 Å². The Labute approximate surface area is 126 Å². The van der Waals surface area contributed by atoms with E-state index >= 15 is 0 Å². The predicted octanol–water partition coefficient (Wildman–Crippen LogP) is 2.55. The van der Waals surface area contributed by atoms with Crippen LogP contribution in [0.25, 0.3) is 0 Å². The number of anilines is 1. The van der Waals surface area contributed by atoms with Crippen molar-refractivity contribution in [1.29, 1.82) is 0 Å². The van der Waals surface area contributed by atoms with Gasteiger partial charge in [-0.05, 0) is 24.8 Å². The number of methoxy groups -OCH3 is 2. The molecular formula is C16H24N2O3. The van der Waals surface area contributed by atoms with Crippen molar-refractivity contribution in [3.63, 3.8) is 0 Å². The van der Waals surface area contributed by atoms with E-state index in [2.05, 4.69) is 6.92 Å². The topological polar surface area (TPSA) is 64.8 Å². The Bertz CT molecular complexity index is 516. The number of carbonyl (C=O) groups is 1. The summed E-state index contributed by atoms with van der Waals surface area (Å²) in [5, 5.41) is 0. The van der Waals surface area contributed by atoms with Gasteiger partial charge in [0.25, 0.3) is 5.91 Å². The SMILES string of the molecule is CCC1CCCN(C(=O)c2cc(OC)cc(OC)c2N)C1. The Morgan fingerprint density at radius 1 is 1.38 bits per heavy atom. The molecule has 116 valence electrons. The molecule has 0 aromatic heterocycles. The fourth-order valence-electron chi connectivity index (χ4n) is 2.82. The highest BCUT2D eigenvalue weighted by Crippen LogP contribution is 2.32. The van der Waals surface area contributed by atoms with Crippen molar-refractivity contribution in [2.24, 2.45) is 5.92 Å². The zero-order valence-electron chi connectivity index (χ0n) is 13.0. The van der Waals surface area contributed by atoms with E-state index in [1.165, 1.54) is 13.5 Å². The number of hydrogen-bond donors (Lipinski definition) is 1. The highest BCUT2D eigenvalue weighted by atomic mass is 16.5. The lowest BCUT2D eigenvalue weighted by molar-refractivity contribution is 0.0671. The molecule has 1 amide bonds. The molecule has 1 aliphatic heterocycles. The standard InChI is InChI=1S/C16H24N2O3/c1-4-11-6-5-7-18(10-11)16(19)13-8-12(20-2)9-14(21-3)15(13)17/h8-9,11H,4-7,10,17H2,1-3H3. The molecule has 0 bridgehead atoms. The molecule has 1 fully saturated rings. The van der Waals surface area contributed by atoms with Crippen LogP contribution in [0, 0.1) is 5.92 Å². The zero-order chi connectivity index (χ0) is 15.4. The summed E-state index contributed by atoms with van der Waals surface area (Å²) in [4.78, 5) is 14.6. The van der Waals surface area contributed by atoms with Crippen LogP contribution >= 0.6 is 0 Å². The number of ether oxygens (including phenoxy) is 2. The second-order valence-electron chi connectivity index (χ2n) is 5.46. The lowest BCUT2D eigenvalue weighted by Gasteiger charge is -2.32. The van der Waals surface area contributed by atoms with Gasteiger partial charge in [0, 0.05) is 19.2 Å². The summed E-state index contributed by atoms with van der Waals surface area (Å²) in [7, 11) is 3.10. The van der Waals surface area contributed by atoms with Crippen molar-refractivity contribution in [3.8, 4) is 11.5 Å². The normalized spacial score (nSPS) is 18.4. The first-order valence-electron chi connectivity index (χ1n) is 7.41. The number of amides is 1. The van der Waals surface area contributed by atoms with Crippen LogP contribution in [0.2, 0.25) is 0 Å². The van der Waals surface area contributed by atoms with Crippen LogP contribution in [0.5, 0.6) is 11.5 Å². The molecule has 1 aromatic carbocycles. The summed E-state index contributed by atoms with van der Waals surface area (Å²) in [5.74, 6) is 1.59. The van der Waals surface area contributed by atoms with Gasteiger partial charge in [0.1, 0.15) is 11.5 Å². The van der Waals surface area contributed by atoms with Crippen LogP contribution in [0.15, 0.2) is 12.1 Å². The second kappa shape index (κ2) is 6.70. The average Bonchev–Trinajstić information content (AvgIpc) is 2.54. The maximum absolute atomic E-state index is 12.8. The summed E-state index contributed by atoms with van der Waals surface area (Å²) in [6.07, 6.45) is 3.34. The molecule has 1 aliphatic rings. The summed E-state index contributed by atoms with van der Waals surface area (Å²) in [5.41, 5.74) is 6.90. The third kappa shape index (κ3) is 3.23. The van der Waals surface area contributed by atoms with E-state index in [0.29, 0.717) is 28.7 Å². The number of piperidine rings is 1. The molecular weight excluding hydrogens is 268 g/mol. The Balaban J connectivity index is 2.29. The van der Waals surface area contributed by atoms with Gasteiger partial charge in [-0.15, -0.1) is 0 Å². The van der Waals surface area contributed by atoms with Crippen molar-refractivity contribution < 1.29 is 14.3 Å². The number of nitrogens with two attached hydrogens (primary N) is 1. The molecule has 1 saturated heterocycles. The van der Waals surface area contributed by atoms with Gasteiger partial charge in [-0.1, -0.05) is 13.3 Å². The molecule has 21 heavy (non-hydrogen) atoms.